The minimum Gasteiger partial charge on any atom is -0.342 e. The second kappa shape index (κ2) is 5.59. The maximum atomic E-state index is 12.6. The highest BCUT2D eigenvalue weighted by Gasteiger charge is 2.43. The third-order valence-electron chi connectivity index (χ3n) is 5.74. The number of aromatic nitrogens is 4. The average molecular weight is 350 g/mol. The minimum absolute atomic E-state index is 0.0503. The highest BCUT2D eigenvalue weighted by atomic mass is 16.2. The Bertz CT molecular complexity index is 975. The summed E-state index contributed by atoms with van der Waals surface area (Å²) in [5, 5.41) is 0. The number of carbonyl (C=O) groups excluding carboxylic acids is 1. The third-order valence-corrected chi connectivity index (χ3v) is 5.74. The molecule has 2 atom stereocenters. The van der Waals surface area contributed by atoms with Crippen LogP contribution in [-0.2, 0) is 14.1 Å². The Balaban J connectivity index is 1.32. The molecule has 4 heterocycles. The van der Waals surface area contributed by atoms with Crippen LogP contribution in [0.2, 0.25) is 0 Å². The molecule has 3 aromatic rings. The Morgan fingerprint density at radius 2 is 1.81 bits per heavy atom. The summed E-state index contributed by atoms with van der Waals surface area (Å²) in [5.41, 5.74) is 2.74. The van der Waals surface area contributed by atoms with Gasteiger partial charge in [0.1, 0.15) is 5.69 Å². The van der Waals surface area contributed by atoms with Gasteiger partial charge in [0, 0.05) is 58.3 Å². The summed E-state index contributed by atoms with van der Waals surface area (Å²) in [4.78, 5) is 26.0. The lowest BCUT2D eigenvalue weighted by atomic mass is 10.0. The van der Waals surface area contributed by atoms with Gasteiger partial charge in [-0.3, -0.25) is 4.79 Å². The van der Waals surface area contributed by atoms with Crippen molar-refractivity contribution in [3.63, 3.8) is 0 Å². The molecule has 2 aromatic heterocycles. The molecule has 7 heteroatoms. The van der Waals surface area contributed by atoms with Gasteiger partial charge in [-0.2, -0.15) is 0 Å². The van der Waals surface area contributed by atoms with Crippen LogP contribution in [0.5, 0.6) is 0 Å². The van der Waals surface area contributed by atoms with Crippen molar-refractivity contribution in [3.8, 4) is 0 Å². The van der Waals surface area contributed by atoms with Gasteiger partial charge in [0.15, 0.2) is 0 Å². The molecule has 1 amide bonds. The van der Waals surface area contributed by atoms with Crippen LogP contribution in [0, 0.1) is 11.8 Å². The van der Waals surface area contributed by atoms with Crippen LogP contribution in [0.25, 0.3) is 11.0 Å². The van der Waals surface area contributed by atoms with Crippen molar-refractivity contribution in [3.05, 3.63) is 42.5 Å². The standard InChI is InChI=1S/C19H22N6O/c1-22-11-16(20-12-22)18(26)24-7-13-9-25(10-14(13)8-24)19-21-15-5-3-4-6-17(15)23(19)2/h3-6,11-14H,7-10H2,1-2H3. The maximum Gasteiger partial charge on any atom is 0.274 e. The van der Waals surface area contributed by atoms with Gasteiger partial charge in [0.2, 0.25) is 5.95 Å². The monoisotopic (exact) mass is 350 g/mol. The molecule has 2 fully saturated rings. The molecule has 0 spiro atoms. The molecular weight excluding hydrogens is 328 g/mol. The number of hydrogen-bond acceptors (Lipinski definition) is 4. The molecule has 0 saturated carbocycles. The molecular formula is C19H22N6O. The van der Waals surface area contributed by atoms with Gasteiger partial charge in [-0.25, -0.2) is 9.97 Å². The number of amides is 1. The first-order chi connectivity index (χ1) is 12.6. The zero-order valence-electron chi connectivity index (χ0n) is 15.0. The number of para-hydroxylation sites is 2. The van der Waals surface area contributed by atoms with Crippen LogP contribution in [0.3, 0.4) is 0 Å². The normalized spacial score (nSPS) is 22.4. The summed E-state index contributed by atoms with van der Waals surface area (Å²) in [6.07, 6.45) is 3.47. The number of hydrogen-bond donors (Lipinski definition) is 0. The third kappa shape index (κ3) is 2.30. The molecule has 1 aromatic carbocycles. The Hall–Kier alpha value is -2.83. The van der Waals surface area contributed by atoms with E-state index in [1.165, 1.54) is 0 Å². The van der Waals surface area contributed by atoms with E-state index in [-0.39, 0.29) is 5.91 Å². The van der Waals surface area contributed by atoms with Gasteiger partial charge in [-0.15, -0.1) is 0 Å². The number of carbonyl (C=O) groups is 1. The molecule has 26 heavy (non-hydrogen) atoms. The Morgan fingerprint density at radius 1 is 1.08 bits per heavy atom. The molecule has 2 saturated heterocycles. The second-order valence-corrected chi connectivity index (χ2v) is 7.52. The molecule has 0 aliphatic carbocycles. The molecule has 2 unspecified atom stereocenters. The van der Waals surface area contributed by atoms with Gasteiger partial charge >= 0.3 is 0 Å². The van der Waals surface area contributed by atoms with Crippen molar-refractivity contribution in [2.24, 2.45) is 25.9 Å². The van der Waals surface area contributed by atoms with Crippen molar-refractivity contribution >= 4 is 22.9 Å². The van der Waals surface area contributed by atoms with Crippen LogP contribution in [0.15, 0.2) is 36.8 Å². The predicted octanol–water partition coefficient (Wildman–Crippen LogP) is 1.52. The van der Waals surface area contributed by atoms with E-state index in [9.17, 15) is 4.79 Å². The summed E-state index contributed by atoms with van der Waals surface area (Å²) in [5.74, 6) is 2.09. The van der Waals surface area contributed by atoms with E-state index in [1.807, 2.05) is 28.6 Å². The Kier molecular flexibility index (Phi) is 3.32. The first-order valence-corrected chi connectivity index (χ1v) is 9.04. The van der Waals surface area contributed by atoms with Crippen molar-refractivity contribution < 1.29 is 4.79 Å². The van der Waals surface area contributed by atoms with Crippen LogP contribution >= 0.6 is 0 Å². The van der Waals surface area contributed by atoms with Crippen LogP contribution < -0.4 is 4.90 Å². The SMILES string of the molecule is Cn1cnc(C(=O)N2CC3CN(c4nc5ccccc5n4C)CC3C2)c1. The summed E-state index contributed by atoms with van der Waals surface area (Å²) in [6, 6.07) is 8.24. The first kappa shape index (κ1) is 15.4. The van der Waals surface area contributed by atoms with Crippen LogP contribution in [0.4, 0.5) is 5.95 Å². The van der Waals surface area contributed by atoms with Crippen molar-refractivity contribution in [1.82, 2.24) is 24.0 Å². The highest BCUT2D eigenvalue weighted by molar-refractivity contribution is 5.92. The zero-order valence-corrected chi connectivity index (χ0v) is 15.0. The van der Waals surface area contributed by atoms with Gasteiger partial charge in [-0.1, -0.05) is 12.1 Å². The summed E-state index contributed by atoms with van der Waals surface area (Å²) in [7, 11) is 3.97. The summed E-state index contributed by atoms with van der Waals surface area (Å²) < 4.78 is 3.99. The van der Waals surface area contributed by atoms with Crippen LogP contribution in [0.1, 0.15) is 10.5 Å². The topological polar surface area (TPSA) is 59.2 Å². The predicted molar refractivity (Wildman–Crippen MR) is 99.0 cm³/mol. The fourth-order valence-corrected chi connectivity index (χ4v) is 4.42. The van der Waals surface area contributed by atoms with Crippen molar-refractivity contribution in [1.29, 1.82) is 0 Å². The lowest BCUT2D eigenvalue weighted by molar-refractivity contribution is 0.0777. The number of aryl methyl sites for hydroxylation is 2. The molecule has 5 rings (SSSR count). The van der Waals surface area contributed by atoms with E-state index in [1.54, 1.807) is 12.5 Å². The van der Waals surface area contributed by atoms with Gasteiger partial charge < -0.3 is 18.9 Å². The van der Waals surface area contributed by atoms with Crippen LogP contribution in [-0.4, -0.2) is 56.1 Å². The van der Waals surface area contributed by atoms with Crippen molar-refractivity contribution in [2.75, 3.05) is 31.1 Å². The first-order valence-electron chi connectivity index (χ1n) is 9.04. The molecule has 7 nitrogen and oxygen atoms in total. The molecule has 134 valence electrons. The largest absolute Gasteiger partial charge is 0.342 e. The van der Waals surface area contributed by atoms with Crippen molar-refractivity contribution in [2.45, 2.75) is 0 Å². The fourth-order valence-electron chi connectivity index (χ4n) is 4.42. The minimum atomic E-state index is 0.0503. The van der Waals surface area contributed by atoms with E-state index in [0.717, 1.165) is 43.2 Å². The molecule has 2 aliphatic rings. The van der Waals surface area contributed by atoms with Gasteiger partial charge in [-0.05, 0) is 12.1 Å². The number of fused-ring (bicyclic) bond motifs is 2. The number of rotatable bonds is 2. The van der Waals surface area contributed by atoms with E-state index in [2.05, 4.69) is 33.6 Å². The number of benzene rings is 1. The fraction of sp³-hybridized carbons (Fsp3) is 0.421. The van der Waals surface area contributed by atoms with E-state index in [4.69, 9.17) is 4.98 Å². The number of nitrogens with zero attached hydrogens (tertiary/aromatic N) is 6. The Morgan fingerprint density at radius 3 is 2.46 bits per heavy atom. The number of likely N-dealkylation sites (tertiary alicyclic amines) is 1. The molecule has 0 radical (unpaired) electrons. The van der Waals surface area contributed by atoms with Gasteiger partial charge in [0.25, 0.3) is 5.91 Å². The number of imidazole rings is 2. The summed E-state index contributed by atoms with van der Waals surface area (Å²) >= 11 is 0. The Labute approximate surface area is 151 Å². The van der Waals surface area contributed by atoms with E-state index < -0.39 is 0 Å². The smallest absolute Gasteiger partial charge is 0.274 e. The average Bonchev–Trinajstić information content (AvgIpc) is 3.37. The lowest BCUT2D eigenvalue weighted by Gasteiger charge is -2.22. The molecule has 2 aliphatic heterocycles. The lowest BCUT2D eigenvalue weighted by Crippen LogP contribution is -2.34. The summed E-state index contributed by atoms with van der Waals surface area (Å²) in [6.45, 7) is 3.52. The number of anilines is 1. The zero-order chi connectivity index (χ0) is 17.8. The quantitative estimate of drug-likeness (QED) is 0.703. The van der Waals surface area contributed by atoms with E-state index in [0.29, 0.717) is 17.5 Å². The molecule has 0 N–H and O–H groups in total. The van der Waals surface area contributed by atoms with Gasteiger partial charge in [0.05, 0.1) is 17.4 Å². The van der Waals surface area contributed by atoms with E-state index >= 15 is 0 Å². The second-order valence-electron chi connectivity index (χ2n) is 7.52. The molecule has 0 bridgehead atoms. The highest BCUT2D eigenvalue weighted by Crippen LogP contribution is 2.35. The maximum absolute atomic E-state index is 12.6.